The van der Waals surface area contributed by atoms with Crippen molar-refractivity contribution < 1.29 is 0 Å². The van der Waals surface area contributed by atoms with E-state index < -0.39 is 0 Å². The predicted molar refractivity (Wildman–Crippen MR) is 83.1 cm³/mol. The van der Waals surface area contributed by atoms with Gasteiger partial charge in [-0.1, -0.05) is 12.1 Å². The highest BCUT2D eigenvalue weighted by Crippen LogP contribution is 2.24. The Balaban J connectivity index is 0.00000180. The molecule has 1 fully saturated rings. The van der Waals surface area contributed by atoms with Gasteiger partial charge < -0.3 is 5.32 Å². The summed E-state index contributed by atoms with van der Waals surface area (Å²) in [7, 11) is 0. The van der Waals surface area contributed by atoms with Crippen molar-refractivity contribution in [1.29, 1.82) is 10.5 Å². The molecule has 0 unspecified atom stereocenters. The maximum absolute atomic E-state index is 9.00. The molecule has 0 aliphatic carbocycles. The maximum Gasteiger partial charge on any atom is 0.0991 e. The van der Waals surface area contributed by atoms with E-state index in [4.69, 9.17) is 10.5 Å². The number of halogens is 2. The third kappa shape index (κ3) is 4.67. The molecule has 1 aliphatic heterocycles. The van der Waals surface area contributed by atoms with E-state index in [1.165, 1.54) is 0 Å². The fourth-order valence-electron chi connectivity index (χ4n) is 2.35. The molecule has 6 heteroatoms. The lowest BCUT2D eigenvalue weighted by Gasteiger charge is -2.34. The quantitative estimate of drug-likeness (QED) is 0.930. The van der Waals surface area contributed by atoms with Gasteiger partial charge in [-0.2, -0.15) is 10.5 Å². The summed E-state index contributed by atoms with van der Waals surface area (Å²) in [6, 6.07) is 12.1. The highest BCUT2D eigenvalue weighted by molar-refractivity contribution is 5.85. The summed E-state index contributed by atoms with van der Waals surface area (Å²) in [5.41, 5.74) is 1.73. The van der Waals surface area contributed by atoms with Gasteiger partial charge in [0.15, 0.2) is 0 Å². The molecule has 108 valence electrons. The number of nitriles is 2. The fourth-order valence-corrected chi connectivity index (χ4v) is 2.35. The van der Waals surface area contributed by atoms with Gasteiger partial charge in [-0.15, -0.1) is 24.8 Å². The number of nitrogens with zero attached hydrogens (tertiary/aromatic N) is 3. The Hall–Kier alpha value is -1.30. The van der Waals surface area contributed by atoms with Crippen LogP contribution in [0.1, 0.15) is 23.6 Å². The van der Waals surface area contributed by atoms with Gasteiger partial charge >= 0.3 is 0 Å². The second-order valence-electron chi connectivity index (χ2n) is 4.40. The summed E-state index contributed by atoms with van der Waals surface area (Å²) in [6.07, 6.45) is 0.467. The minimum absolute atomic E-state index is 0. The molecule has 4 nitrogen and oxygen atoms in total. The lowest BCUT2D eigenvalue weighted by atomic mass is 10.00. The van der Waals surface area contributed by atoms with Crippen LogP contribution in [-0.2, 0) is 0 Å². The SMILES string of the molecule is Cl.Cl.N#CC[C@H](c1cccc(C#N)c1)N1CCNCC1. The van der Waals surface area contributed by atoms with Crippen molar-refractivity contribution >= 4 is 24.8 Å². The Kier molecular flexibility index (Phi) is 8.96. The number of hydrogen-bond acceptors (Lipinski definition) is 4. The molecule has 0 bridgehead atoms. The molecule has 20 heavy (non-hydrogen) atoms. The van der Waals surface area contributed by atoms with E-state index in [9.17, 15) is 0 Å². The smallest absolute Gasteiger partial charge is 0.0991 e. The number of hydrogen-bond donors (Lipinski definition) is 1. The maximum atomic E-state index is 9.00. The van der Waals surface area contributed by atoms with Crippen LogP contribution in [0.5, 0.6) is 0 Å². The molecule has 1 N–H and O–H groups in total. The number of nitrogens with one attached hydrogen (secondary N) is 1. The summed E-state index contributed by atoms with van der Waals surface area (Å²) in [5.74, 6) is 0. The highest BCUT2D eigenvalue weighted by Gasteiger charge is 2.21. The summed E-state index contributed by atoms with van der Waals surface area (Å²) < 4.78 is 0. The molecule has 0 saturated carbocycles. The van der Waals surface area contributed by atoms with Crippen LogP contribution in [0.15, 0.2) is 24.3 Å². The first kappa shape index (κ1) is 18.7. The van der Waals surface area contributed by atoms with Gasteiger partial charge in [0.25, 0.3) is 0 Å². The third-order valence-electron chi connectivity index (χ3n) is 3.28. The molecule has 1 saturated heterocycles. The molecule has 0 spiro atoms. The van der Waals surface area contributed by atoms with Crippen molar-refractivity contribution in [2.24, 2.45) is 0 Å². The summed E-state index contributed by atoms with van der Waals surface area (Å²) in [6.45, 7) is 3.81. The van der Waals surface area contributed by atoms with Gasteiger partial charge in [-0.25, -0.2) is 0 Å². The molecule has 2 rings (SSSR count). The second kappa shape index (κ2) is 9.58. The number of piperazine rings is 1. The Bertz CT molecular complexity index is 487. The van der Waals surface area contributed by atoms with Crippen molar-refractivity contribution in [2.75, 3.05) is 26.2 Å². The van der Waals surface area contributed by atoms with Crippen LogP contribution in [0.3, 0.4) is 0 Å². The van der Waals surface area contributed by atoms with E-state index in [0.29, 0.717) is 12.0 Å². The zero-order chi connectivity index (χ0) is 12.8. The zero-order valence-corrected chi connectivity index (χ0v) is 12.7. The van der Waals surface area contributed by atoms with Gasteiger partial charge in [0.1, 0.15) is 0 Å². The topological polar surface area (TPSA) is 62.9 Å². The molecule has 0 aromatic heterocycles. The summed E-state index contributed by atoms with van der Waals surface area (Å²) in [5, 5.41) is 21.3. The van der Waals surface area contributed by atoms with Crippen molar-refractivity contribution in [3.8, 4) is 12.1 Å². The van der Waals surface area contributed by atoms with Crippen LogP contribution in [0.4, 0.5) is 0 Å². The average molecular weight is 313 g/mol. The molecule has 0 radical (unpaired) electrons. The monoisotopic (exact) mass is 312 g/mol. The van der Waals surface area contributed by atoms with Crippen LogP contribution >= 0.6 is 24.8 Å². The normalized spacial score (nSPS) is 15.9. The predicted octanol–water partition coefficient (Wildman–Crippen LogP) is 2.26. The zero-order valence-electron chi connectivity index (χ0n) is 11.1. The van der Waals surface area contributed by atoms with Crippen molar-refractivity contribution in [3.05, 3.63) is 35.4 Å². The number of benzene rings is 1. The molecule has 1 aromatic carbocycles. The van der Waals surface area contributed by atoms with E-state index in [-0.39, 0.29) is 30.9 Å². The molecule has 1 atom stereocenters. The summed E-state index contributed by atoms with van der Waals surface area (Å²) in [4.78, 5) is 2.32. The largest absolute Gasteiger partial charge is 0.314 e. The highest BCUT2D eigenvalue weighted by atomic mass is 35.5. The molecule has 0 amide bonds. The fraction of sp³-hybridized carbons (Fsp3) is 0.429. The van der Waals surface area contributed by atoms with E-state index in [1.54, 1.807) is 6.07 Å². The van der Waals surface area contributed by atoms with Crippen molar-refractivity contribution in [3.63, 3.8) is 0 Å². The van der Waals surface area contributed by atoms with Crippen LogP contribution in [0, 0.1) is 22.7 Å². The molecule has 1 aromatic rings. The van der Waals surface area contributed by atoms with Gasteiger partial charge in [-0.05, 0) is 17.7 Å². The lowest BCUT2D eigenvalue weighted by Crippen LogP contribution is -2.45. The van der Waals surface area contributed by atoms with Gasteiger partial charge in [0, 0.05) is 32.2 Å². The molecule has 1 aliphatic rings. The van der Waals surface area contributed by atoms with E-state index >= 15 is 0 Å². The Labute approximate surface area is 132 Å². The molecule has 1 heterocycles. The second-order valence-corrected chi connectivity index (χ2v) is 4.40. The van der Waals surface area contributed by atoms with E-state index in [0.717, 1.165) is 31.7 Å². The van der Waals surface area contributed by atoms with Gasteiger partial charge in [0.2, 0.25) is 0 Å². The van der Waals surface area contributed by atoms with Crippen LogP contribution in [0.25, 0.3) is 0 Å². The van der Waals surface area contributed by atoms with Crippen LogP contribution in [-0.4, -0.2) is 31.1 Å². The lowest BCUT2D eigenvalue weighted by molar-refractivity contribution is 0.175. The van der Waals surface area contributed by atoms with Gasteiger partial charge in [-0.3, -0.25) is 4.90 Å². The first-order valence-corrected chi connectivity index (χ1v) is 6.17. The van der Waals surface area contributed by atoms with Crippen LogP contribution < -0.4 is 5.32 Å². The minimum Gasteiger partial charge on any atom is -0.314 e. The third-order valence-corrected chi connectivity index (χ3v) is 3.28. The Morgan fingerprint density at radius 3 is 2.50 bits per heavy atom. The van der Waals surface area contributed by atoms with Gasteiger partial charge in [0.05, 0.1) is 24.1 Å². The Morgan fingerprint density at radius 2 is 1.90 bits per heavy atom. The van der Waals surface area contributed by atoms with Crippen molar-refractivity contribution in [1.82, 2.24) is 10.2 Å². The summed E-state index contributed by atoms with van der Waals surface area (Å²) >= 11 is 0. The van der Waals surface area contributed by atoms with E-state index in [2.05, 4.69) is 22.4 Å². The minimum atomic E-state index is 0. The van der Waals surface area contributed by atoms with Crippen molar-refractivity contribution in [2.45, 2.75) is 12.5 Å². The number of rotatable bonds is 3. The van der Waals surface area contributed by atoms with E-state index in [1.807, 2.05) is 18.2 Å². The average Bonchev–Trinajstić information content (AvgIpc) is 2.46. The Morgan fingerprint density at radius 1 is 1.20 bits per heavy atom. The van der Waals surface area contributed by atoms with Crippen LogP contribution in [0.2, 0.25) is 0 Å². The molecular formula is C14H18Cl2N4. The first-order chi connectivity index (χ1) is 8.85. The standard InChI is InChI=1S/C14H16N4.2ClH/c15-5-4-14(18-8-6-17-7-9-18)13-3-1-2-12(10-13)11-16;;/h1-3,10,14,17H,4,6-9H2;2*1H/t14-;;/m1../s1. The first-order valence-electron chi connectivity index (χ1n) is 6.17. The molecular weight excluding hydrogens is 295 g/mol.